The number of amides is 1. The summed E-state index contributed by atoms with van der Waals surface area (Å²) in [5, 5.41) is 6.52. The molecule has 0 aliphatic heterocycles. The fraction of sp³-hybridized carbons (Fsp3) is 0.150. The highest BCUT2D eigenvalue weighted by atomic mass is 35.5. The van der Waals surface area contributed by atoms with Gasteiger partial charge in [-0.15, -0.1) is 0 Å². The molecule has 1 amide bonds. The average Bonchev–Trinajstić information content (AvgIpc) is 2.73. The number of anilines is 2. The van der Waals surface area contributed by atoms with Crippen molar-refractivity contribution >= 4 is 29.1 Å². The molecule has 0 aliphatic rings. The Bertz CT molecular complexity index is 964. The Morgan fingerprint density at radius 3 is 2.50 bits per heavy atom. The molecule has 0 saturated heterocycles. The summed E-state index contributed by atoms with van der Waals surface area (Å²) in [5.41, 5.74) is 1.77. The second-order valence-electron chi connectivity index (χ2n) is 5.76. The molecule has 0 saturated carbocycles. The molecule has 8 heteroatoms. The third kappa shape index (κ3) is 4.69. The molecule has 2 N–H and O–H groups in total. The van der Waals surface area contributed by atoms with Crippen LogP contribution in [0.15, 0.2) is 54.9 Å². The highest BCUT2D eigenvalue weighted by Crippen LogP contribution is 2.29. The molecule has 0 bridgehead atoms. The number of nitrogens with one attached hydrogen (secondary N) is 2. The number of nitrogens with zero attached hydrogens (tertiary/aromatic N) is 2. The van der Waals surface area contributed by atoms with Crippen LogP contribution >= 0.6 is 11.6 Å². The second-order valence-corrected chi connectivity index (χ2v) is 6.17. The molecule has 0 fully saturated rings. The highest BCUT2D eigenvalue weighted by Gasteiger charge is 2.12. The number of methoxy groups -OCH3 is 2. The molecular formula is C20H19ClN4O3. The summed E-state index contributed by atoms with van der Waals surface area (Å²) >= 11 is 6.13. The smallest absolute Gasteiger partial charge is 0.258 e. The largest absolute Gasteiger partial charge is 0.497 e. The summed E-state index contributed by atoms with van der Waals surface area (Å²) in [6, 6.07) is 12.6. The molecule has 0 radical (unpaired) electrons. The van der Waals surface area contributed by atoms with E-state index in [0.29, 0.717) is 40.3 Å². The lowest BCUT2D eigenvalue weighted by molar-refractivity contribution is 0.102. The maximum absolute atomic E-state index is 12.5. The van der Waals surface area contributed by atoms with Crippen LogP contribution in [0.2, 0.25) is 5.02 Å². The Hall–Kier alpha value is -3.32. The van der Waals surface area contributed by atoms with E-state index in [9.17, 15) is 4.79 Å². The Kier molecular flexibility index (Phi) is 6.29. The van der Waals surface area contributed by atoms with Gasteiger partial charge in [0.2, 0.25) is 5.95 Å². The van der Waals surface area contributed by atoms with Gasteiger partial charge in [-0.3, -0.25) is 4.79 Å². The zero-order valence-electron chi connectivity index (χ0n) is 15.4. The third-order valence-corrected chi connectivity index (χ3v) is 4.33. The van der Waals surface area contributed by atoms with E-state index < -0.39 is 0 Å². The minimum Gasteiger partial charge on any atom is -0.497 e. The first kappa shape index (κ1) is 19.4. The number of aromatic nitrogens is 2. The Balaban J connectivity index is 1.64. The summed E-state index contributed by atoms with van der Waals surface area (Å²) in [7, 11) is 3.08. The van der Waals surface area contributed by atoms with Gasteiger partial charge in [0.05, 0.1) is 25.5 Å². The van der Waals surface area contributed by atoms with Gasteiger partial charge in [-0.2, -0.15) is 0 Å². The normalized spacial score (nSPS) is 10.2. The van der Waals surface area contributed by atoms with Crippen LogP contribution in [0.3, 0.4) is 0 Å². The Labute approximate surface area is 167 Å². The molecule has 144 valence electrons. The number of ether oxygens (including phenoxy) is 2. The van der Waals surface area contributed by atoms with Crippen molar-refractivity contribution in [1.29, 1.82) is 0 Å². The summed E-state index contributed by atoms with van der Waals surface area (Å²) in [4.78, 5) is 20.8. The number of benzene rings is 2. The minimum atomic E-state index is -0.346. The lowest BCUT2D eigenvalue weighted by Gasteiger charge is -2.11. The van der Waals surface area contributed by atoms with Crippen LogP contribution < -0.4 is 20.1 Å². The van der Waals surface area contributed by atoms with E-state index in [4.69, 9.17) is 21.1 Å². The van der Waals surface area contributed by atoms with Crippen molar-refractivity contribution in [3.8, 4) is 11.5 Å². The Morgan fingerprint density at radius 1 is 1.07 bits per heavy atom. The van der Waals surface area contributed by atoms with E-state index in [1.807, 2.05) is 24.3 Å². The molecule has 2 aromatic carbocycles. The van der Waals surface area contributed by atoms with Gasteiger partial charge >= 0.3 is 0 Å². The van der Waals surface area contributed by atoms with E-state index in [1.54, 1.807) is 25.3 Å². The summed E-state index contributed by atoms with van der Waals surface area (Å²) < 4.78 is 10.4. The van der Waals surface area contributed by atoms with Crippen LogP contribution in [-0.4, -0.2) is 30.1 Å². The molecule has 3 aromatic rings. The van der Waals surface area contributed by atoms with Crippen LogP contribution in [0, 0.1) is 0 Å². The lowest BCUT2D eigenvalue weighted by Crippen LogP contribution is -2.14. The van der Waals surface area contributed by atoms with Crippen molar-refractivity contribution in [3.05, 3.63) is 71.0 Å². The Morgan fingerprint density at radius 2 is 1.82 bits per heavy atom. The zero-order chi connectivity index (χ0) is 19.9. The minimum absolute atomic E-state index is 0.321. The van der Waals surface area contributed by atoms with Gasteiger partial charge in [0.15, 0.2) is 0 Å². The number of hydrogen-bond acceptors (Lipinski definition) is 6. The van der Waals surface area contributed by atoms with Crippen molar-refractivity contribution in [2.45, 2.75) is 6.54 Å². The van der Waals surface area contributed by atoms with Gasteiger partial charge in [0.1, 0.15) is 11.5 Å². The van der Waals surface area contributed by atoms with Gasteiger partial charge in [0, 0.05) is 30.0 Å². The number of hydrogen-bond donors (Lipinski definition) is 2. The topological polar surface area (TPSA) is 85.4 Å². The molecular weight excluding hydrogens is 380 g/mol. The van der Waals surface area contributed by atoms with Gasteiger partial charge in [-0.05, 0) is 23.8 Å². The van der Waals surface area contributed by atoms with Crippen molar-refractivity contribution in [2.24, 2.45) is 0 Å². The van der Waals surface area contributed by atoms with Gasteiger partial charge < -0.3 is 20.1 Å². The predicted octanol–water partition coefficient (Wildman–Crippen LogP) is 4.01. The van der Waals surface area contributed by atoms with E-state index >= 15 is 0 Å². The summed E-state index contributed by atoms with van der Waals surface area (Å²) in [6.07, 6.45) is 2.90. The second kappa shape index (κ2) is 9.05. The fourth-order valence-corrected chi connectivity index (χ4v) is 2.65. The molecule has 0 spiro atoms. The first-order chi connectivity index (χ1) is 13.6. The number of halogens is 1. The van der Waals surface area contributed by atoms with Gasteiger partial charge in [-0.25, -0.2) is 9.97 Å². The van der Waals surface area contributed by atoms with Crippen molar-refractivity contribution in [3.63, 3.8) is 0 Å². The fourth-order valence-electron chi connectivity index (χ4n) is 2.45. The quantitative estimate of drug-likeness (QED) is 0.625. The number of rotatable bonds is 7. The lowest BCUT2D eigenvalue weighted by atomic mass is 10.2. The van der Waals surface area contributed by atoms with Crippen LogP contribution in [-0.2, 0) is 6.54 Å². The maximum Gasteiger partial charge on any atom is 0.258 e. The number of carbonyl (C=O) groups is 1. The molecule has 0 atom stereocenters. The van der Waals surface area contributed by atoms with E-state index in [0.717, 1.165) is 5.56 Å². The SMILES string of the molecule is COc1ccc(NC(=O)c2cnc(NCc3ccccc3Cl)nc2)c(OC)c1. The van der Waals surface area contributed by atoms with Crippen molar-refractivity contribution in [2.75, 3.05) is 24.9 Å². The summed E-state index contributed by atoms with van der Waals surface area (Å²) in [5.74, 6) is 1.18. The monoisotopic (exact) mass is 398 g/mol. The zero-order valence-corrected chi connectivity index (χ0v) is 16.2. The molecule has 1 heterocycles. The number of carbonyl (C=O) groups excluding carboxylic acids is 1. The van der Waals surface area contributed by atoms with Gasteiger partial charge in [-0.1, -0.05) is 29.8 Å². The molecule has 1 aromatic heterocycles. The molecule has 0 aliphatic carbocycles. The van der Waals surface area contributed by atoms with Crippen molar-refractivity contribution in [1.82, 2.24) is 9.97 Å². The summed E-state index contributed by atoms with van der Waals surface area (Å²) in [6.45, 7) is 0.480. The predicted molar refractivity (Wildman–Crippen MR) is 108 cm³/mol. The average molecular weight is 399 g/mol. The van der Waals surface area contributed by atoms with Crippen LogP contribution in [0.5, 0.6) is 11.5 Å². The first-order valence-corrected chi connectivity index (χ1v) is 8.81. The maximum atomic E-state index is 12.5. The van der Waals surface area contributed by atoms with Crippen LogP contribution in [0.4, 0.5) is 11.6 Å². The molecule has 3 rings (SSSR count). The third-order valence-electron chi connectivity index (χ3n) is 3.97. The molecule has 0 unspecified atom stereocenters. The standard InChI is InChI=1S/C20H19ClN4O3/c1-27-15-7-8-17(18(9-15)28-2)25-19(26)14-11-23-20(24-12-14)22-10-13-5-3-4-6-16(13)21/h3-9,11-12H,10H2,1-2H3,(H,25,26)(H,22,23,24). The van der Waals surface area contributed by atoms with Gasteiger partial charge in [0.25, 0.3) is 5.91 Å². The highest BCUT2D eigenvalue weighted by molar-refractivity contribution is 6.31. The van der Waals surface area contributed by atoms with Crippen molar-refractivity contribution < 1.29 is 14.3 Å². The van der Waals surface area contributed by atoms with Crippen LogP contribution in [0.1, 0.15) is 15.9 Å². The van der Waals surface area contributed by atoms with E-state index in [2.05, 4.69) is 20.6 Å². The van der Waals surface area contributed by atoms with Crippen LogP contribution in [0.25, 0.3) is 0 Å². The first-order valence-electron chi connectivity index (χ1n) is 8.43. The van der Waals surface area contributed by atoms with E-state index in [1.165, 1.54) is 19.5 Å². The molecule has 28 heavy (non-hydrogen) atoms. The molecule has 7 nitrogen and oxygen atoms in total. The van der Waals surface area contributed by atoms with E-state index in [-0.39, 0.29) is 5.91 Å².